The Bertz CT molecular complexity index is 3520. The summed E-state index contributed by atoms with van der Waals surface area (Å²) in [6, 6.07) is 80.3. The number of hydrogen-bond acceptors (Lipinski definition) is 1. The topological polar surface area (TPSA) is 3.24 Å². The first-order valence-corrected chi connectivity index (χ1v) is 22.8. The third kappa shape index (κ3) is 4.85. The van der Waals surface area contributed by atoms with Gasteiger partial charge < -0.3 is 4.90 Å². The average molecular weight is 818 g/mol. The zero-order valence-electron chi connectivity index (χ0n) is 36.7. The maximum absolute atomic E-state index is 2.54. The van der Waals surface area contributed by atoms with E-state index < -0.39 is 5.41 Å². The molecule has 304 valence electrons. The number of benzene rings is 10. The predicted octanol–water partition coefficient (Wildman–Crippen LogP) is 16.4. The molecule has 64 heavy (non-hydrogen) atoms. The highest BCUT2D eigenvalue weighted by Gasteiger charge is 2.54. The quantitative estimate of drug-likeness (QED) is 0.160. The summed E-state index contributed by atoms with van der Waals surface area (Å²) in [6.07, 6.45) is 0. The molecule has 0 saturated carbocycles. The van der Waals surface area contributed by atoms with Crippen LogP contribution in [0.5, 0.6) is 0 Å². The van der Waals surface area contributed by atoms with Crippen LogP contribution in [-0.4, -0.2) is 0 Å². The van der Waals surface area contributed by atoms with Crippen molar-refractivity contribution in [1.82, 2.24) is 0 Å². The maximum atomic E-state index is 2.54. The van der Waals surface area contributed by atoms with E-state index in [-0.39, 0.29) is 10.8 Å². The van der Waals surface area contributed by atoms with Gasteiger partial charge in [0.2, 0.25) is 0 Å². The molecule has 0 aromatic heterocycles. The summed E-state index contributed by atoms with van der Waals surface area (Å²) in [5, 5.41) is 5.09. The van der Waals surface area contributed by atoms with E-state index in [4.69, 9.17) is 0 Å². The molecule has 1 nitrogen and oxygen atoms in total. The molecule has 1 heteroatoms. The lowest BCUT2D eigenvalue weighted by atomic mass is 9.55. The van der Waals surface area contributed by atoms with Crippen molar-refractivity contribution in [3.63, 3.8) is 0 Å². The molecule has 3 aliphatic carbocycles. The lowest BCUT2D eigenvalue weighted by Crippen LogP contribution is -2.40. The zero-order chi connectivity index (χ0) is 43.0. The molecule has 1 spiro atoms. The molecule has 0 atom stereocenters. The molecule has 3 aliphatic rings. The molecule has 0 heterocycles. The van der Waals surface area contributed by atoms with Crippen LogP contribution in [0.2, 0.25) is 0 Å². The fourth-order valence-electron chi connectivity index (χ4n) is 12.4. The van der Waals surface area contributed by atoms with Gasteiger partial charge in [-0.15, -0.1) is 0 Å². The molecule has 0 amide bonds. The second-order valence-electron chi connectivity index (χ2n) is 19.2. The predicted molar refractivity (Wildman–Crippen MR) is 269 cm³/mol. The Labute approximate surface area is 375 Å². The Balaban J connectivity index is 1.07. The van der Waals surface area contributed by atoms with Crippen molar-refractivity contribution in [3.05, 3.63) is 257 Å². The highest BCUT2D eigenvalue weighted by molar-refractivity contribution is 6.14. The van der Waals surface area contributed by atoms with Crippen LogP contribution in [0.3, 0.4) is 0 Å². The van der Waals surface area contributed by atoms with E-state index in [0.29, 0.717) is 0 Å². The van der Waals surface area contributed by atoms with E-state index in [9.17, 15) is 0 Å². The Hall–Kier alpha value is -7.48. The van der Waals surface area contributed by atoms with Crippen molar-refractivity contribution in [3.8, 4) is 33.4 Å². The van der Waals surface area contributed by atoms with E-state index in [2.05, 4.69) is 245 Å². The minimum Gasteiger partial charge on any atom is -0.310 e. The summed E-state index contributed by atoms with van der Waals surface area (Å²) in [5.74, 6) is 0. The first kappa shape index (κ1) is 37.1. The van der Waals surface area contributed by atoms with E-state index in [1.54, 1.807) is 0 Å². The van der Waals surface area contributed by atoms with Crippen LogP contribution in [0.4, 0.5) is 17.1 Å². The normalized spacial score (nSPS) is 15.2. The standard InChI is InChI=1S/C63H47N/c1-61(2)51-24-11-9-22-47(51)48-37-36-43(39-58(48)61)64(42-34-32-40(33-35-42)50-38-41-18-5-6-19-44(41)45-20-7-8-21-46(45)50)59-31-17-30-57-60(59)49-23-10-12-25-52(49)63(57)55-28-15-13-26-53(55)62(3,4)54-27-14-16-29-56(54)63/h5-39H,1-4H3. The molecule has 10 aromatic rings. The van der Waals surface area contributed by atoms with Gasteiger partial charge in [0.05, 0.1) is 11.1 Å². The summed E-state index contributed by atoms with van der Waals surface area (Å²) >= 11 is 0. The molecule has 0 saturated heterocycles. The summed E-state index contributed by atoms with van der Waals surface area (Å²) in [6.45, 7) is 9.56. The minimum absolute atomic E-state index is 0.147. The fourth-order valence-corrected chi connectivity index (χ4v) is 12.4. The van der Waals surface area contributed by atoms with E-state index in [1.807, 2.05) is 0 Å². The smallest absolute Gasteiger partial charge is 0.0720 e. The first-order valence-electron chi connectivity index (χ1n) is 22.8. The third-order valence-corrected chi connectivity index (χ3v) is 15.3. The van der Waals surface area contributed by atoms with Crippen LogP contribution in [0, 0.1) is 0 Å². The van der Waals surface area contributed by atoms with Crippen LogP contribution in [-0.2, 0) is 16.2 Å². The van der Waals surface area contributed by atoms with Gasteiger partial charge in [0.1, 0.15) is 0 Å². The summed E-state index contributed by atoms with van der Waals surface area (Å²) in [7, 11) is 0. The van der Waals surface area contributed by atoms with Crippen LogP contribution in [0.15, 0.2) is 212 Å². The van der Waals surface area contributed by atoms with Crippen LogP contribution in [0.1, 0.15) is 72.2 Å². The lowest BCUT2D eigenvalue weighted by Gasteiger charge is -2.46. The van der Waals surface area contributed by atoms with Gasteiger partial charge in [0, 0.05) is 27.8 Å². The van der Waals surface area contributed by atoms with Crippen LogP contribution in [0.25, 0.3) is 54.9 Å². The molecule has 10 aromatic carbocycles. The average Bonchev–Trinajstić information content (AvgIpc) is 3.77. The Morgan fingerprint density at radius 2 is 0.828 bits per heavy atom. The van der Waals surface area contributed by atoms with Crippen LogP contribution >= 0.6 is 0 Å². The molecule has 0 radical (unpaired) electrons. The van der Waals surface area contributed by atoms with Crippen molar-refractivity contribution < 1.29 is 0 Å². The number of fused-ring (bicyclic) bond motifs is 15. The van der Waals surface area contributed by atoms with Gasteiger partial charge >= 0.3 is 0 Å². The van der Waals surface area contributed by atoms with E-state index in [0.717, 1.165) is 11.4 Å². The molecule has 0 unspecified atom stereocenters. The number of anilines is 3. The molecule has 0 aliphatic heterocycles. The fraction of sp³-hybridized carbons (Fsp3) is 0.111. The Morgan fingerprint density at radius 1 is 0.312 bits per heavy atom. The van der Waals surface area contributed by atoms with Gasteiger partial charge in [-0.05, 0) is 130 Å². The minimum atomic E-state index is -0.487. The molecule has 0 fully saturated rings. The van der Waals surface area contributed by atoms with Gasteiger partial charge in [0.15, 0.2) is 0 Å². The molecular weight excluding hydrogens is 771 g/mol. The highest BCUT2D eigenvalue weighted by atomic mass is 15.1. The van der Waals surface area contributed by atoms with Gasteiger partial charge in [0.25, 0.3) is 0 Å². The SMILES string of the molecule is CC1(C)c2ccccc2-c2ccc(N(c3ccc(-c4cc5ccccc5c5ccccc45)cc3)c3cccc4c3-c3ccccc3C43c4ccccc4C(C)(C)c4ccccc43)cc21. The van der Waals surface area contributed by atoms with Crippen molar-refractivity contribution >= 4 is 38.6 Å². The van der Waals surface area contributed by atoms with Crippen molar-refractivity contribution in [2.24, 2.45) is 0 Å². The monoisotopic (exact) mass is 817 g/mol. The summed E-state index contributed by atoms with van der Waals surface area (Å²) < 4.78 is 0. The first-order chi connectivity index (χ1) is 31.3. The molecule has 0 N–H and O–H groups in total. The van der Waals surface area contributed by atoms with Crippen molar-refractivity contribution in [2.45, 2.75) is 43.9 Å². The number of rotatable bonds is 4. The zero-order valence-corrected chi connectivity index (χ0v) is 36.7. The summed E-state index contributed by atoms with van der Waals surface area (Å²) in [5.41, 5.74) is 21.3. The van der Waals surface area contributed by atoms with Crippen LogP contribution < -0.4 is 4.90 Å². The second-order valence-corrected chi connectivity index (χ2v) is 19.2. The van der Waals surface area contributed by atoms with E-state index in [1.165, 1.54) is 105 Å². The van der Waals surface area contributed by atoms with E-state index >= 15 is 0 Å². The Kier molecular flexibility index (Phi) is 7.69. The van der Waals surface area contributed by atoms with Gasteiger partial charge in [-0.1, -0.05) is 204 Å². The highest BCUT2D eigenvalue weighted by Crippen LogP contribution is 2.64. The molecule has 13 rings (SSSR count). The second kappa shape index (κ2) is 13.3. The van der Waals surface area contributed by atoms with Gasteiger partial charge in [-0.2, -0.15) is 0 Å². The van der Waals surface area contributed by atoms with Crippen molar-refractivity contribution in [2.75, 3.05) is 4.90 Å². The Morgan fingerprint density at radius 3 is 1.55 bits per heavy atom. The number of nitrogens with zero attached hydrogens (tertiary/aromatic N) is 1. The largest absolute Gasteiger partial charge is 0.310 e. The maximum Gasteiger partial charge on any atom is 0.0720 e. The molecule has 0 bridgehead atoms. The van der Waals surface area contributed by atoms with Gasteiger partial charge in [-0.25, -0.2) is 0 Å². The summed E-state index contributed by atoms with van der Waals surface area (Å²) in [4.78, 5) is 2.54. The number of hydrogen-bond donors (Lipinski definition) is 0. The molecular formula is C63H47N. The van der Waals surface area contributed by atoms with Gasteiger partial charge in [-0.3, -0.25) is 0 Å². The lowest BCUT2D eigenvalue weighted by molar-refractivity contribution is 0.563. The van der Waals surface area contributed by atoms with Crippen molar-refractivity contribution in [1.29, 1.82) is 0 Å². The third-order valence-electron chi connectivity index (χ3n) is 15.3.